The van der Waals surface area contributed by atoms with Gasteiger partial charge in [-0.25, -0.2) is 0 Å². The lowest BCUT2D eigenvalue weighted by Gasteiger charge is -2.54. The molecule has 0 aromatic rings. The van der Waals surface area contributed by atoms with Crippen LogP contribution in [0.2, 0.25) is 0 Å². The average molecular weight is 477 g/mol. The minimum Gasteiger partial charge on any atom is -0.465 e. The molecule has 5 fully saturated rings. The Bertz CT molecular complexity index is 809. The fourth-order valence-corrected chi connectivity index (χ4v) is 8.41. The summed E-state index contributed by atoms with van der Waals surface area (Å²) < 4.78 is 24.7. The second-order valence-electron chi connectivity index (χ2n) is 13.2. The molecule has 0 aromatic carbocycles. The zero-order valence-electron chi connectivity index (χ0n) is 21.9. The normalized spacial score (nSPS) is 47.9. The van der Waals surface area contributed by atoms with Crippen molar-refractivity contribution in [3.05, 3.63) is 0 Å². The molecule has 34 heavy (non-hydrogen) atoms. The third-order valence-corrected chi connectivity index (χ3v) is 10.2. The Hall–Kier alpha value is -1.14. The van der Waals surface area contributed by atoms with E-state index in [9.17, 15) is 9.59 Å². The number of carbonyl (C=O) groups excluding carboxylic acids is 2. The molecular weight excluding hydrogens is 432 g/mol. The summed E-state index contributed by atoms with van der Waals surface area (Å²) in [6.45, 7) is 13.5. The molecule has 1 unspecified atom stereocenters. The van der Waals surface area contributed by atoms with Crippen LogP contribution in [0.25, 0.3) is 0 Å². The highest BCUT2D eigenvalue weighted by Gasteiger charge is 2.64. The molecule has 0 bridgehead atoms. The van der Waals surface area contributed by atoms with Crippen molar-refractivity contribution in [3.8, 4) is 0 Å². The number of fused-ring (bicyclic) bond motifs is 6. The van der Waals surface area contributed by atoms with Crippen molar-refractivity contribution in [1.29, 1.82) is 0 Å². The molecule has 0 radical (unpaired) electrons. The molecule has 192 valence electrons. The third-order valence-electron chi connectivity index (χ3n) is 10.2. The van der Waals surface area contributed by atoms with Crippen LogP contribution in [0.1, 0.15) is 86.5 Å². The number of hydrogen-bond donors (Lipinski definition) is 0. The number of hydrogen-bond acceptors (Lipinski definition) is 6. The first-order valence-corrected chi connectivity index (χ1v) is 13.7. The van der Waals surface area contributed by atoms with E-state index in [1.54, 1.807) is 0 Å². The lowest BCUT2D eigenvalue weighted by molar-refractivity contribution is -0.162. The van der Waals surface area contributed by atoms with Crippen molar-refractivity contribution in [2.24, 2.45) is 46.3 Å². The highest BCUT2D eigenvalue weighted by molar-refractivity contribution is 5.74. The van der Waals surface area contributed by atoms with E-state index in [1.165, 1.54) is 0 Å². The number of esters is 2. The van der Waals surface area contributed by atoms with Crippen LogP contribution in [0.5, 0.6) is 0 Å². The maximum atomic E-state index is 13.3. The summed E-state index contributed by atoms with van der Waals surface area (Å²) in [5.74, 6) is 1.48. The summed E-state index contributed by atoms with van der Waals surface area (Å²) in [6.07, 6.45) is 5.91. The van der Waals surface area contributed by atoms with Crippen molar-refractivity contribution >= 4 is 11.9 Å². The second-order valence-corrected chi connectivity index (χ2v) is 13.2. The van der Waals surface area contributed by atoms with E-state index in [0.717, 1.165) is 32.1 Å². The molecule has 3 aliphatic carbocycles. The van der Waals surface area contributed by atoms with Gasteiger partial charge in [-0.3, -0.25) is 9.59 Å². The van der Waals surface area contributed by atoms with Gasteiger partial charge >= 0.3 is 11.9 Å². The minimum absolute atomic E-state index is 0.0142. The van der Waals surface area contributed by atoms with Gasteiger partial charge in [0.1, 0.15) is 6.10 Å². The summed E-state index contributed by atoms with van der Waals surface area (Å²) in [4.78, 5) is 25.8. The monoisotopic (exact) mass is 476 g/mol. The number of carbonyl (C=O) groups is 2. The molecular formula is C28H44O6. The quantitative estimate of drug-likeness (QED) is 0.524. The van der Waals surface area contributed by atoms with Crippen molar-refractivity contribution in [2.75, 3.05) is 6.61 Å². The molecule has 5 aliphatic rings. The third kappa shape index (κ3) is 3.91. The zero-order chi connectivity index (χ0) is 24.4. The smallest absolute Gasteiger partial charge is 0.309 e. The Labute approximate surface area is 204 Å². The maximum absolute atomic E-state index is 13.3. The molecule has 10 atom stereocenters. The highest BCUT2D eigenvalue weighted by Crippen LogP contribution is 2.64. The van der Waals surface area contributed by atoms with E-state index < -0.39 is 0 Å². The topological polar surface area (TPSA) is 71.1 Å². The van der Waals surface area contributed by atoms with Crippen LogP contribution in [0.3, 0.4) is 0 Å². The zero-order valence-corrected chi connectivity index (χ0v) is 21.9. The van der Waals surface area contributed by atoms with Crippen LogP contribution >= 0.6 is 0 Å². The molecule has 6 heteroatoms. The summed E-state index contributed by atoms with van der Waals surface area (Å²) in [5.41, 5.74) is -0.189. The molecule has 0 N–H and O–H groups in total. The van der Waals surface area contributed by atoms with E-state index in [4.69, 9.17) is 18.9 Å². The summed E-state index contributed by atoms with van der Waals surface area (Å²) in [5, 5.41) is 0. The van der Waals surface area contributed by atoms with Crippen LogP contribution in [0.15, 0.2) is 0 Å². The van der Waals surface area contributed by atoms with Gasteiger partial charge in [0.2, 0.25) is 0 Å². The van der Waals surface area contributed by atoms with Crippen LogP contribution in [-0.2, 0) is 28.5 Å². The largest absolute Gasteiger partial charge is 0.465 e. The van der Waals surface area contributed by atoms with Crippen molar-refractivity contribution < 1.29 is 28.5 Å². The lowest BCUT2D eigenvalue weighted by atomic mass is 9.49. The van der Waals surface area contributed by atoms with Gasteiger partial charge in [-0.1, -0.05) is 41.5 Å². The van der Waals surface area contributed by atoms with Crippen molar-refractivity contribution in [1.82, 2.24) is 0 Å². The number of cyclic esters (lactones) is 1. The summed E-state index contributed by atoms with van der Waals surface area (Å²) >= 11 is 0. The first-order valence-electron chi connectivity index (χ1n) is 13.7. The SMILES string of the molecule is CC(C)CC(=O)O[C@H]1CC[C@H]2[C@@H]3COC(=O)[C@H]4C[C@@H]5OC(C(C)C)O[C@@H]5C[C@]4(C)[C@H]3CC[C@]12C. The minimum atomic E-state index is -0.182. The maximum Gasteiger partial charge on any atom is 0.309 e. The van der Waals surface area contributed by atoms with Gasteiger partial charge in [-0.15, -0.1) is 0 Å². The van der Waals surface area contributed by atoms with E-state index in [1.807, 2.05) is 0 Å². The molecule has 5 rings (SSSR count). The molecule has 2 heterocycles. The summed E-state index contributed by atoms with van der Waals surface area (Å²) in [6, 6.07) is 0. The van der Waals surface area contributed by atoms with Gasteiger partial charge in [0.05, 0.1) is 24.7 Å². The van der Waals surface area contributed by atoms with Crippen molar-refractivity contribution in [2.45, 2.75) is 111 Å². The van der Waals surface area contributed by atoms with E-state index in [-0.39, 0.29) is 53.3 Å². The Balaban J connectivity index is 1.37. The highest BCUT2D eigenvalue weighted by atomic mass is 16.7. The Morgan fingerprint density at radius 3 is 2.44 bits per heavy atom. The first-order chi connectivity index (χ1) is 16.0. The van der Waals surface area contributed by atoms with Gasteiger partial charge in [-0.2, -0.15) is 0 Å². The Morgan fingerprint density at radius 2 is 1.74 bits per heavy atom. The van der Waals surface area contributed by atoms with Crippen LogP contribution in [0, 0.1) is 46.3 Å². The predicted octanol–water partition coefficient (Wildman–Crippen LogP) is 5.13. The van der Waals surface area contributed by atoms with Crippen LogP contribution in [-0.4, -0.2) is 43.1 Å². The van der Waals surface area contributed by atoms with Gasteiger partial charge in [0.15, 0.2) is 6.29 Å². The van der Waals surface area contributed by atoms with E-state index in [2.05, 4.69) is 41.5 Å². The second kappa shape index (κ2) is 8.76. The fraction of sp³-hybridized carbons (Fsp3) is 0.929. The van der Waals surface area contributed by atoms with Gasteiger partial charge in [-0.05, 0) is 67.6 Å². The van der Waals surface area contributed by atoms with Crippen LogP contribution < -0.4 is 0 Å². The van der Waals surface area contributed by atoms with E-state index in [0.29, 0.717) is 49.0 Å². The molecule has 0 spiro atoms. The molecule has 6 nitrogen and oxygen atoms in total. The molecule has 2 saturated heterocycles. The van der Waals surface area contributed by atoms with Gasteiger partial charge in [0, 0.05) is 17.8 Å². The van der Waals surface area contributed by atoms with E-state index >= 15 is 0 Å². The first kappa shape index (κ1) is 24.5. The molecule has 0 amide bonds. The fourth-order valence-electron chi connectivity index (χ4n) is 8.41. The lowest BCUT2D eigenvalue weighted by Crippen LogP contribution is -2.54. The van der Waals surface area contributed by atoms with Crippen molar-refractivity contribution in [3.63, 3.8) is 0 Å². The standard InChI is InChI=1S/C28H44O6/c1-15(2)11-24(29)34-23-8-7-18-17-14-31-25(30)20-12-21-22(33-26(32-21)16(3)4)13-28(20,6)19(17)9-10-27(18,23)5/h15-23,26H,7-14H2,1-6H3/t17-,18-,19-,20+,21-,22+,23-,26?,27-,28+/m0/s1. The Morgan fingerprint density at radius 1 is 1.03 bits per heavy atom. The molecule has 0 aromatic heterocycles. The van der Waals surface area contributed by atoms with Crippen LogP contribution in [0.4, 0.5) is 0 Å². The average Bonchev–Trinajstić information content (AvgIpc) is 3.28. The number of rotatable bonds is 4. The molecule has 3 saturated carbocycles. The number of ether oxygens (including phenoxy) is 4. The predicted molar refractivity (Wildman–Crippen MR) is 127 cm³/mol. The van der Waals surface area contributed by atoms with Gasteiger partial charge < -0.3 is 18.9 Å². The summed E-state index contributed by atoms with van der Waals surface area (Å²) in [7, 11) is 0. The Kier molecular flexibility index (Phi) is 6.32. The van der Waals surface area contributed by atoms with Gasteiger partial charge in [0.25, 0.3) is 0 Å². The molecule has 2 aliphatic heterocycles.